The molecule has 0 unspecified atom stereocenters. The number of rotatable bonds is 4. The number of anilines is 1. The zero-order chi connectivity index (χ0) is 15.9. The van der Waals surface area contributed by atoms with Gasteiger partial charge in [0.25, 0.3) is 5.69 Å². The Balaban J connectivity index is 1.98. The summed E-state index contributed by atoms with van der Waals surface area (Å²) in [4.78, 5) is 10.4. The number of benzene rings is 2. The molecule has 0 atom stereocenters. The minimum atomic E-state index is -0.476. The molecular formula is C14H11BrN4O2S. The van der Waals surface area contributed by atoms with Crippen LogP contribution in [0.4, 0.5) is 11.4 Å². The fourth-order valence-electron chi connectivity index (χ4n) is 1.64. The SMILES string of the molecule is O=[N+]([O-])c1ccccc1NC(=S)N/N=C\c1cccc(Br)c1. The highest BCUT2D eigenvalue weighted by Crippen LogP contribution is 2.22. The molecule has 0 amide bonds. The monoisotopic (exact) mass is 378 g/mol. The molecule has 0 radical (unpaired) electrons. The van der Waals surface area contributed by atoms with E-state index in [1.165, 1.54) is 6.07 Å². The molecule has 0 saturated heterocycles. The Morgan fingerprint density at radius 2 is 2.05 bits per heavy atom. The number of nitrogens with one attached hydrogen (secondary N) is 2. The maximum atomic E-state index is 10.9. The van der Waals surface area contributed by atoms with E-state index in [1.54, 1.807) is 24.4 Å². The molecule has 0 spiro atoms. The van der Waals surface area contributed by atoms with Crippen LogP contribution in [0, 0.1) is 10.1 Å². The van der Waals surface area contributed by atoms with Crippen LogP contribution in [-0.2, 0) is 0 Å². The lowest BCUT2D eigenvalue weighted by molar-refractivity contribution is -0.383. The van der Waals surface area contributed by atoms with Crippen LogP contribution in [0.2, 0.25) is 0 Å². The molecule has 6 nitrogen and oxygen atoms in total. The van der Waals surface area contributed by atoms with Gasteiger partial charge in [-0.2, -0.15) is 5.10 Å². The lowest BCUT2D eigenvalue weighted by Crippen LogP contribution is -2.24. The maximum absolute atomic E-state index is 10.9. The number of para-hydroxylation sites is 2. The molecule has 112 valence electrons. The summed E-state index contributed by atoms with van der Waals surface area (Å²) in [6.45, 7) is 0. The summed E-state index contributed by atoms with van der Waals surface area (Å²) >= 11 is 8.42. The number of nitro benzene ring substituents is 1. The van der Waals surface area contributed by atoms with Gasteiger partial charge < -0.3 is 5.32 Å². The number of hydrogen-bond donors (Lipinski definition) is 2. The lowest BCUT2D eigenvalue weighted by Gasteiger charge is -2.07. The molecular weight excluding hydrogens is 368 g/mol. The molecule has 0 aromatic heterocycles. The van der Waals surface area contributed by atoms with E-state index in [1.807, 2.05) is 24.3 Å². The summed E-state index contributed by atoms with van der Waals surface area (Å²) in [7, 11) is 0. The Morgan fingerprint density at radius 1 is 1.27 bits per heavy atom. The first-order valence-corrected chi connectivity index (χ1v) is 7.35. The van der Waals surface area contributed by atoms with Gasteiger partial charge in [-0.1, -0.05) is 40.2 Å². The van der Waals surface area contributed by atoms with Crippen LogP contribution in [0.15, 0.2) is 58.1 Å². The average molecular weight is 379 g/mol. The van der Waals surface area contributed by atoms with E-state index in [9.17, 15) is 10.1 Å². The standard InChI is InChI=1S/C14H11BrN4O2S/c15-11-5-3-4-10(8-11)9-16-18-14(22)17-12-6-1-2-7-13(12)19(20)21/h1-9H,(H2,17,18,22)/b16-9-. The molecule has 0 saturated carbocycles. The van der Waals surface area contributed by atoms with Crippen molar-refractivity contribution in [3.05, 3.63) is 68.7 Å². The van der Waals surface area contributed by atoms with Crippen molar-refractivity contribution in [3.8, 4) is 0 Å². The highest BCUT2D eigenvalue weighted by atomic mass is 79.9. The number of halogens is 1. The van der Waals surface area contributed by atoms with Crippen molar-refractivity contribution >= 4 is 50.8 Å². The van der Waals surface area contributed by atoms with Crippen molar-refractivity contribution in [2.24, 2.45) is 5.10 Å². The number of hydrazone groups is 1. The van der Waals surface area contributed by atoms with Gasteiger partial charge in [-0.15, -0.1) is 0 Å². The van der Waals surface area contributed by atoms with Gasteiger partial charge in [-0.25, -0.2) is 0 Å². The van der Waals surface area contributed by atoms with Crippen molar-refractivity contribution in [3.63, 3.8) is 0 Å². The normalized spacial score (nSPS) is 10.4. The minimum absolute atomic E-state index is 0.0531. The zero-order valence-electron chi connectivity index (χ0n) is 11.2. The van der Waals surface area contributed by atoms with Gasteiger partial charge in [-0.3, -0.25) is 15.5 Å². The van der Waals surface area contributed by atoms with Crippen molar-refractivity contribution in [2.75, 3.05) is 5.32 Å². The van der Waals surface area contributed by atoms with E-state index < -0.39 is 4.92 Å². The molecule has 2 N–H and O–H groups in total. The van der Waals surface area contributed by atoms with Gasteiger partial charge in [0, 0.05) is 10.5 Å². The second-order valence-corrected chi connectivity index (χ2v) is 5.48. The van der Waals surface area contributed by atoms with Gasteiger partial charge in [0.05, 0.1) is 11.1 Å². The second kappa shape index (κ2) is 7.62. The summed E-state index contributed by atoms with van der Waals surface area (Å²) in [6.07, 6.45) is 1.60. The minimum Gasteiger partial charge on any atom is -0.326 e. The van der Waals surface area contributed by atoms with Gasteiger partial charge in [0.2, 0.25) is 0 Å². The predicted octanol–water partition coefficient (Wildman–Crippen LogP) is 3.68. The van der Waals surface area contributed by atoms with Crippen molar-refractivity contribution < 1.29 is 4.92 Å². The molecule has 0 aliphatic carbocycles. The molecule has 2 aromatic rings. The fraction of sp³-hybridized carbons (Fsp3) is 0. The van der Waals surface area contributed by atoms with E-state index in [0.29, 0.717) is 5.69 Å². The van der Waals surface area contributed by atoms with E-state index in [-0.39, 0.29) is 10.8 Å². The molecule has 22 heavy (non-hydrogen) atoms. The Kier molecular flexibility index (Phi) is 5.56. The first kappa shape index (κ1) is 16.1. The zero-order valence-corrected chi connectivity index (χ0v) is 13.6. The molecule has 0 fully saturated rings. The Morgan fingerprint density at radius 3 is 2.77 bits per heavy atom. The molecule has 8 heteroatoms. The quantitative estimate of drug-likeness (QED) is 0.367. The summed E-state index contributed by atoms with van der Waals surface area (Å²) in [5.74, 6) is 0. The third kappa shape index (κ3) is 4.61. The van der Waals surface area contributed by atoms with Gasteiger partial charge in [-0.05, 0) is 36.0 Å². The number of nitrogens with zero attached hydrogens (tertiary/aromatic N) is 2. The van der Waals surface area contributed by atoms with Crippen LogP contribution in [0.1, 0.15) is 5.56 Å². The summed E-state index contributed by atoms with van der Waals surface area (Å²) in [5, 5.41) is 17.8. The average Bonchev–Trinajstić information content (AvgIpc) is 2.47. The summed E-state index contributed by atoms with van der Waals surface area (Å²) < 4.78 is 0.942. The van der Waals surface area contributed by atoms with E-state index >= 15 is 0 Å². The van der Waals surface area contributed by atoms with Crippen LogP contribution in [-0.4, -0.2) is 16.3 Å². The van der Waals surface area contributed by atoms with Crippen LogP contribution in [0.25, 0.3) is 0 Å². The van der Waals surface area contributed by atoms with Gasteiger partial charge in [0.1, 0.15) is 5.69 Å². The third-order valence-electron chi connectivity index (χ3n) is 2.58. The first-order chi connectivity index (χ1) is 10.6. The molecule has 2 rings (SSSR count). The van der Waals surface area contributed by atoms with E-state index in [0.717, 1.165) is 10.0 Å². The lowest BCUT2D eigenvalue weighted by atomic mass is 10.2. The second-order valence-electron chi connectivity index (χ2n) is 4.15. The van der Waals surface area contributed by atoms with Gasteiger partial charge in [0.15, 0.2) is 5.11 Å². The van der Waals surface area contributed by atoms with Crippen LogP contribution in [0.5, 0.6) is 0 Å². The molecule has 2 aromatic carbocycles. The highest BCUT2D eigenvalue weighted by molar-refractivity contribution is 9.10. The maximum Gasteiger partial charge on any atom is 0.292 e. The fourth-order valence-corrected chi connectivity index (χ4v) is 2.22. The molecule has 0 aliphatic heterocycles. The Bertz CT molecular complexity index is 736. The van der Waals surface area contributed by atoms with Gasteiger partial charge >= 0.3 is 0 Å². The first-order valence-electron chi connectivity index (χ1n) is 6.15. The smallest absolute Gasteiger partial charge is 0.292 e. The van der Waals surface area contributed by atoms with Crippen molar-refractivity contribution in [2.45, 2.75) is 0 Å². The molecule has 0 heterocycles. The number of nitro groups is 1. The van der Waals surface area contributed by atoms with Crippen molar-refractivity contribution in [1.82, 2.24) is 5.43 Å². The van der Waals surface area contributed by atoms with Crippen LogP contribution in [0.3, 0.4) is 0 Å². The highest BCUT2D eigenvalue weighted by Gasteiger charge is 2.12. The largest absolute Gasteiger partial charge is 0.326 e. The Hall–Kier alpha value is -2.32. The molecule has 0 bridgehead atoms. The number of thiocarbonyl (C=S) groups is 1. The van der Waals surface area contributed by atoms with E-state index in [2.05, 4.69) is 31.8 Å². The molecule has 0 aliphatic rings. The third-order valence-corrected chi connectivity index (χ3v) is 3.26. The summed E-state index contributed by atoms with van der Waals surface area (Å²) in [5.41, 5.74) is 3.76. The number of hydrogen-bond acceptors (Lipinski definition) is 4. The topological polar surface area (TPSA) is 79.6 Å². The summed E-state index contributed by atoms with van der Waals surface area (Å²) in [6, 6.07) is 13.8. The van der Waals surface area contributed by atoms with E-state index in [4.69, 9.17) is 12.2 Å². The van der Waals surface area contributed by atoms with Crippen LogP contribution < -0.4 is 10.7 Å². The predicted molar refractivity (Wildman–Crippen MR) is 94.2 cm³/mol. The van der Waals surface area contributed by atoms with Crippen molar-refractivity contribution in [1.29, 1.82) is 0 Å². The van der Waals surface area contributed by atoms with Crippen LogP contribution >= 0.6 is 28.1 Å². The Labute approximate surface area is 140 Å².